The summed E-state index contributed by atoms with van der Waals surface area (Å²) in [6, 6.07) is 3.41. The van der Waals surface area contributed by atoms with Gasteiger partial charge in [-0.05, 0) is 13.0 Å². The number of nitrogens with two attached hydrogens (primary N) is 1. The van der Waals surface area contributed by atoms with Crippen LogP contribution in [0.4, 0.5) is 0 Å². The normalized spacial score (nSPS) is 13.5. The number of rotatable bonds is 3. The molecule has 0 radical (unpaired) electrons. The number of hydrogen-bond donors (Lipinski definition) is 1. The molecule has 96 valence electrons. The van der Waals surface area contributed by atoms with Crippen molar-refractivity contribution in [3.63, 3.8) is 0 Å². The molecule has 1 unspecified atom stereocenters. The van der Waals surface area contributed by atoms with E-state index >= 15 is 0 Å². The van der Waals surface area contributed by atoms with E-state index in [1.807, 2.05) is 13.0 Å². The molecule has 0 aromatic carbocycles. The second-order valence-electron chi connectivity index (χ2n) is 4.10. The van der Waals surface area contributed by atoms with Gasteiger partial charge in [-0.15, -0.1) is 0 Å². The lowest BCUT2D eigenvalue weighted by molar-refractivity contribution is 0.602. The molecule has 2 rings (SSSR count). The van der Waals surface area contributed by atoms with Crippen LogP contribution in [0.25, 0.3) is 5.82 Å². The topological polar surface area (TPSA) is 90.9 Å². The molecule has 0 fully saturated rings. The highest BCUT2D eigenvalue weighted by atomic mass is 32.2. The van der Waals surface area contributed by atoms with Gasteiger partial charge in [-0.2, -0.15) is 5.10 Å². The average molecular weight is 266 g/mol. The molecule has 0 saturated heterocycles. The summed E-state index contributed by atoms with van der Waals surface area (Å²) in [6.45, 7) is 1.83. The zero-order valence-corrected chi connectivity index (χ0v) is 10.9. The van der Waals surface area contributed by atoms with Crippen molar-refractivity contribution in [2.75, 3.05) is 6.26 Å². The summed E-state index contributed by atoms with van der Waals surface area (Å²) in [5.41, 5.74) is 6.65. The Balaban J connectivity index is 2.53. The van der Waals surface area contributed by atoms with Crippen LogP contribution in [0.2, 0.25) is 0 Å². The van der Waals surface area contributed by atoms with Crippen LogP contribution in [0.15, 0.2) is 35.6 Å². The largest absolute Gasteiger partial charge is 0.324 e. The van der Waals surface area contributed by atoms with E-state index in [9.17, 15) is 8.42 Å². The fraction of sp³-hybridized carbons (Fsp3) is 0.273. The van der Waals surface area contributed by atoms with Gasteiger partial charge in [0, 0.05) is 24.1 Å². The summed E-state index contributed by atoms with van der Waals surface area (Å²) in [4.78, 5) is 4.35. The van der Waals surface area contributed by atoms with Gasteiger partial charge in [-0.25, -0.2) is 18.1 Å². The minimum atomic E-state index is -3.27. The van der Waals surface area contributed by atoms with Gasteiger partial charge < -0.3 is 5.73 Å². The highest BCUT2D eigenvalue weighted by Crippen LogP contribution is 2.18. The van der Waals surface area contributed by atoms with Crippen LogP contribution >= 0.6 is 0 Å². The highest BCUT2D eigenvalue weighted by molar-refractivity contribution is 7.90. The van der Waals surface area contributed by atoms with E-state index in [2.05, 4.69) is 10.1 Å². The first-order valence-corrected chi connectivity index (χ1v) is 7.24. The van der Waals surface area contributed by atoms with Crippen molar-refractivity contribution in [2.24, 2.45) is 5.73 Å². The predicted molar refractivity (Wildman–Crippen MR) is 67.1 cm³/mol. The summed E-state index contributed by atoms with van der Waals surface area (Å²) >= 11 is 0. The number of pyridine rings is 1. The quantitative estimate of drug-likeness (QED) is 0.882. The molecular weight excluding hydrogens is 252 g/mol. The molecule has 1 atom stereocenters. The Morgan fingerprint density at radius 3 is 2.72 bits per heavy atom. The molecule has 0 aliphatic rings. The molecule has 0 aliphatic heterocycles. The Morgan fingerprint density at radius 1 is 1.44 bits per heavy atom. The van der Waals surface area contributed by atoms with Crippen LogP contribution in [0.3, 0.4) is 0 Å². The maximum absolute atomic E-state index is 11.4. The second kappa shape index (κ2) is 4.51. The Bertz CT molecular complexity index is 661. The van der Waals surface area contributed by atoms with E-state index in [4.69, 9.17) is 5.73 Å². The Labute approximate surface area is 105 Å². The van der Waals surface area contributed by atoms with Gasteiger partial charge >= 0.3 is 0 Å². The molecule has 18 heavy (non-hydrogen) atoms. The molecule has 7 heteroatoms. The first-order chi connectivity index (χ1) is 8.39. The van der Waals surface area contributed by atoms with E-state index in [1.54, 1.807) is 12.3 Å². The van der Waals surface area contributed by atoms with Crippen molar-refractivity contribution in [3.8, 4) is 5.82 Å². The molecule has 0 aliphatic carbocycles. The van der Waals surface area contributed by atoms with E-state index in [-0.39, 0.29) is 10.9 Å². The van der Waals surface area contributed by atoms with E-state index in [0.29, 0.717) is 5.82 Å². The molecular formula is C11H14N4O2S. The molecule has 2 N–H and O–H groups in total. The first kappa shape index (κ1) is 12.7. The molecule has 2 aromatic rings. The molecule has 0 saturated carbocycles. The first-order valence-electron chi connectivity index (χ1n) is 5.35. The maximum Gasteiger partial charge on any atom is 0.178 e. The average Bonchev–Trinajstić information content (AvgIpc) is 2.77. The molecule has 0 spiro atoms. The SMILES string of the molecule is CC(N)c1cccnc1-n1cc(S(C)(=O)=O)cn1. The fourth-order valence-corrected chi connectivity index (χ4v) is 2.10. The summed E-state index contributed by atoms with van der Waals surface area (Å²) in [5.74, 6) is 0.544. The molecule has 2 aromatic heterocycles. The Morgan fingerprint density at radius 2 is 2.17 bits per heavy atom. The second-order valence-corrected chi connectivity index (χ2v) is 6.11. The van der Waals surface area contributed by atoms with Crippen LogP contribution in [0.1, 0.15) is 18.5 Å². The highest BCUT2D eigenvalue weighted by Gasteiger charge is 2.14. The zero-order valence-electron chi connectivity index (χ0n) is 10.1. The lowest BCUT2D eigenvalue weighted by atomic mass is 10.1. The van der Waals surface area contributed by atoms with E-state index in [1.165, 1.54) is 17.1 Å². The van der Waals surface area contributed by atoms with Gasteiger partial charge in [-0.1, -0.05) is 6.07 Å². The van der Waals surface area contributed by atoms with Gasteiger partial charge in [-0.3, -0.25) is 0 Å². The van der Waals surface area contributed by atoms with Crippen molar-refractivity contribution in [2.45, 2.75) is 17.9 Å². The van der Waals surface area contributed by atoms with Gasteiger partial charge in [0.1, 0.15) is 4.90 Å². The number of hydrogen-bond acceptors (Lipinski definition) is 5. The van der Waals surface area contributed by atoms with E-state index < -0.39 is 9.84 Å². The lowest BCUT2D eigenvalue weighted by Gasteiger charge is -2.10. The van der Waals surface area contributed by atoms with Gasteiger partial charge in [0.2, 0.25) is 0 Å². The fourth-order valence-electron chi connectivity index (χ4n) is 1.57. The Hall–Kier alpha value is -1.73. The predicted octanol–water partition coefficient (Wildman–Crippen LogP) is 0.691. The minimum Gasteiger partial charge on any atom is -0.324 e. The standard InChI is InChI=1S/C11H14N4O2S/c1-8(12)10-4-3-5-13-11(10)15-7-9(6-14-15)18(2,16)17/h3-8H,12H2,1-2H3. The number of nitrogens with zero attached hydrogens (tertiary/aromatic N) is 3. The third-order valence-corrected chi connectivity index (χ3v) is 3.58. The summed E-state index contributed by atoms with van der Waals surface area (Å²) in [5, 5.41) is 4.02. The van der Waals surface area contributed by atoms with E-state index in [0.717, 1.165) is 11.8 Å². The van der Waals surface area contributed by atoms with Crippen molar-refractivity contribution in [1.82, 2.24) is 14.8 Å². The van der Waals surface area contributed by atoms with Crippen LogP contribution in [-0.4, -0.2) is 29.4 Å². The van der Waals surface area contributed by atoms with Crippen molar-refractivity contribution < 1.29 is 8.42 Å². The number of aromatic nitrogens is 3. The summed E-state index contributed by atoms with van der Waals surface area (Å²) in [7, 11) is -3.27. The van der Waals surface area contributed by atoms with Crippen LogP contribution in [0, 0.1) is 0 Å². The Kier molecular flexibility index (Phi) is 3.18. The van der Waals surface area contributed by atoms with Crippen molar-refractivity contribution in [1.29, 1.82) is 0 Å². The van der Waals surface area contributed by atoms with Gasteiger partial charge in [0.15, 0.2) is 15.7 Å². The number of sulfone groups is 1. The summed E-state index contributed by atoms with van der Waals surface area (Å²) in [6.07, 6.45) is 5.49. The maximum atomic E-state index is 11.4. The zero-order chi connectivity index (χ0) is 13.3. The monoisotopic (exact) mass is 266 g/mol. The third kappa shape index (κ3) is 2.41. The summed E-state index contributed by atoms with van der Waals surface area (Å²) < 4.78 is 24.2. The van der Waals surface area contributed by atoms with Crippen LogP contribution in [-0.2, 0) is 9.84 Å². The van der Waals surface area contributed by atoms with Crippen LogP contribution in [0.5, 0.6) is 0 Å². The minimum absolute atomic E-state index is 0.156. The molecule has 0 bridgehead atoms. The molecule has 2 heterocycles. The van der Waals surface area contributed by atoms with Gasteiger partial charge in [0.25, 0.3) is 0 Å². The molecule has 0 amide bonds. The van der Waals surface area contributed by atoms with Crippen molar-refractivity contribution >= 4 is 9.84 Å². The third-order valence-electron chi connectivity index (χ3n) is 2.51. The smallest absolute Gasteiger partial charge is 0.178 e. The van der Waals surface area contributed by atoms with Gasteiger partial charge in [0.05, 0.1) is 12.4 Å². The van der Waals surface area contributed by atoms with Crippen LogP contribution < -0.4 is 5.73 Å². The molecule has 6 nitrogen and oxygen atoms in total. The lowest BCUT2D eigenvalue weighted by Crippen LogP contribution is -2.11. The van der Waals surface area contributed by atoms with Crippen molar-refractivity contribution in [3.05, 3.63) is 36.3 Å².